The molecule has 0 saturated heterocycles. The highest BCUT2D eigenvalue weighted by molar-refractivity contribution is 7.50. The molecule has 0 radical (unpaired) electrons. The zero-order valence-electron chi connectivity index (χ0n) is 13.8. The summed E-state index contributed by atoms with van der Waals surface area (Å²) in [4.78, 5) is 0. The third kappa shape index (κ3) is 7.15. The van der Waals surface area contributed by atoms with Gasteiger partial charge in [0.1, 0.15) is 0 Å². The standard InChI is InChI=1S/C18H30N3P/c1-7-13-19(14-8-2)22(20(15-9-3)16-10-4)21(17-11-5)18-12-6/h7-12H,1-6,13-18H2/p+1. The van der Waals surface area contributed by atoms with Crippen LogP contribution < -0.4 is 0 Å². The highest BCUT2D eigenvalue weighted by Gasteiger charge is 2.36. The van der Waals surface area contributed by atoms with Crippen LogP contribution in [0.1, 0.15) is 0 Å². The van der Waals surface area contributed by atoms with E-state index in [0.29, 0.717) is 0 Å². The van der Waals surface area contributed by atoms with Crippen molar-refractivity contribution in [3.8, 4) is 0 Å². The van der Waals surface area contributed by atoms with Crippen molar-refractivity contribution in [1.29, 1.82) is 0 Å². The summed E-state index contributed by atoms with van der Waals surface area (Å²) in [6.45, 7) is 28.2. The maximum atomic E-state index is 3.89. The first-order valence-corrected chi connectivity index (χ1v) is 8.81. The van der Waals surface area contributed by atoms with Gasteiger partial charge in [0.25, 0.3) is 0 Å². The number of hydrogen-bond donors (Lipinski definition) is 0. The van der Waals surface area contributed by atoms with Gasteiger partial charge in [0.05, 0.1) is 39.3 Å². The second-order valence-electron chi connectivity index (χ2n) is 4.75. The van der Waals surface area contributed by atoms with Crippen molar-refractivity contribution in [2.75, 3.05) is 39.3 Å². The van der Waals surface area contributed by atoms with E-state index in [1.54, 1.807) is 0 Å². The lowest BCUT2D eigenvalue weighted by atomic mass is 10.5. The molecule has 122 valence electrons. The van der Waals surface area contributed by atoms with Crippen LogP contribution in [0.3, 0.4) is 0 Å². The molecule has 0 saturated carbocycles. The fraction of sp³-hybridized carbons (Fsp3) is 0.333. The molecule has 0 aromatic heterocycles. The summed E-state index contributed by atoms with van der Waals surface area (Å²) < 4.78 is 7.22. The maximum absolute atomic E-state index is 3.89. The molecule has 0 aromatic carbocycles. The zero-order valence-corrected chi connectivity index (χ0v) is 14.8. The average Bonchev–Trinajstić information content (AvgIpc) is 2.49. The Morgan fingerprint density at radius 1 is 0.455 bits per heavy atom. The molecule has 0 fully saturated rings. The molecule has 0 aromatic rings. The lowest BCUT2D eigenvalue weighted by molar-refractivity contribution is 0.392. The first-order valence-electron chi connectivity index (χ1n) is 7.47. The van der Waals surface area contributed by atoms with Gasteiger partial charge >= 0.3 is 0 Å². The number of nitrogens with zero attached hydrogens (tertiary/aromatic N) is 3. The largest absolute Gasteiger partial charge is 0.215 e. The van der Waals surface area contributed by atoms with Gasteiger partial charge in [-0.2, -0.15) is 0 Å². The van der Waals surface area contributed by atoms with E-state index in [0.717, 1.165) is 39.3 Å². The van der Waals surface area contributed by atoms with Crippen LogP contribution in [0.25, 0.3) is 0 Å². The molecule has 4 heteroatoms. The van der Waals surface area contributed by atoms with Crippen LogP contribution in [-0.2, 0) is 0 Å². The fourth-order valence-corrected chi connectivity index (χ4v) is 5.20. The molecule has 0 bridgehead atoms. The fourth-order valence-electron chi connectivity index (χ4n) is 2.25. The van der Waals surface area contributed by atoms with Crippen LogP contribution in [-0.4, -0.2) is 53.3 Å². The lowest BCUT2D eigenvalue weighted by Gasteiger charge is -2.35. The highest BCUT2D eigenvalue weighted by Crippen LogP contribution is 2.47. The molecule has 0 aliphatic rings. The van der Waals surface area contributed by atoms with Crippen LogP contribution in [0.4, 0.5) is 0 Å². The van der Waals surface area contributed by atoms with Crippen molar-refractivity contribution in [2.45, 2.75) is 0 Å². The van der Waals surface area contributed by atoms with Crippen molar-refractivity contribution in [1.82, 2.24) is 14.0 Å². The van der Waals surface area contributed by atoms with Gasteiger partial charge in [-0.15, -0.1) is 53.5 Å². The van der Waals surface area contributed by atoms with Gasteiger partial charge in [-0.3, -0.25) is 0 Å². The van der Waals surface area contributed by atoms with Crippen molar-refractivity contribution >= 4 is 8.37 Å². The molecule has 0 spiro atoms. The minimum Gasteiger partial charge on any atom is -0.143 e. The predicted octanol–water partition coefficient (Wildman–Crippen LogP) is 3.97. The topological polar surface area (TPSA) is 9.72 Å². The van der Waals surface area contributed by atoms with Gasteiger partial charge in [-0.25, -0.2) is 0 Å². The first-order chi connectivity index (χ1) is 10.7. The number of hydrogen-bond acceptors (Lipinski definition) is 3. The minimum atomic E-state index is -1.16. The van der Waals surface area contributed by atoms with Crippen molar-refractivity contribution in [3.63, 3.8) is 0 Å². The monoisotopic (exact) mass is 320 g/mol. The van der Waals surface area contributed by atoms with Crippen LogP contribution in [0.5, 0.6) is 0 Å². The molecular formula is C18H31N3P+. The summed E-state index contributed by atoms with van der Waals surface area (Å²) in [5, 5.41) is 0. The van der Waals surface area contributed by atoms with Crippen LogP contribution in [0, 0.1) is 0 Å². The summed E-state index contributed by atoms with van der Waals surface area (Å²) in [5.74, 6) is 0. The summed E-state index contributed by atoms with van der Waals surface area (Å²) in [6, 6.07) is 0. The summed E-state index contributed by atoms with van der Waals surface area (Å²) in [6.07, 6.45) is 11.6. The quantitative estimate of drug-likeness (QED) is 0.334. The van der Waals surface area contributed by atoms with Crippen LogP contribution in [0.2, 0.25) is 0 Å². The molecule has 0 amide bonds. The van der Waals surface area contributed by atoms with Crippen molar-refractivity contribution in [3.05, 3.63) is 75.9 Å². The normalized spacial score (nSPS) is 10.9. The maximum Gasteiger partial charge on any atom is 0.215 e. The van der Waals surface area contributed by atoms with Gasteiger partial charge in [0, 0.05) is 0 Å². The Morgan fingerprint density at radius 3 is 0.773 bits per heavy atom. The summed E-state index contributed by atoms with van der Waals surface area (Å²) >= 11 is 0. The van der Waals surface area contributed by atoms with E-state index in [-0.39, 0.29) is 0 Å². The van der Waals surface area contributed by atoms with Gasteiger partial charge < -0.3 is 0 Å². The van der Waals surface area contributed by atoms with Crippen molar-refractivity contribution < 1.29 is 0 Å². The van der Waals surface area contributed by atoms with E-state index in [9.17, 15) is 0 Å². The van der Waals surface area contributed by atoms with Gasteiger partial charge in [0.2, 0.25) is 8.37 Å². The Hall–Kier alpha value is -1.25. The summed E-state index contributed by atoms with van der Waals surface area (Å²) in [7, 11) is -1.16. The number of rotatable bonds is 15. The van der Waals surface area contributed by atoms with Gasteiger partial charge in [0.15, 0.2) is 0 Å². The van der Waals surface area contributed by atoms with E-state index in [4.69, 9.17) is 0 Å². The van der Waals surface area contributed by atoms with Gasteiger partial charge in [-0.05, 0) is 0 Å². The molecule has 3 nitrogen and oxygen atoms in total. The third-order valence-corrected chi connectivity index (χ3v) is 5.74. The Kier molecular flexibility index (Phi) is 12.7. The SMILES string of the molecule is C=CCN(CC=C)[PH+](N(CC=C)CC=C)N(CC=C)CC=C. The third-order valence-electron chi connectivity index (χ3n) is 2.95. The van der Waals surface area contributed by atoms with E-state index in [1.807, 2.05) is 36.5 Å². The molecule has 0 heterocycles. The zero-order chi connectivity index (χ0) is 16.8. The summed E-state index contributed by atoms with van der Waals surface area (Å²) in [5.41, 5.74) is 0. The lowest BCUT2D eigenvalue weighted by Crippen LogP contribution is -2.38. The smallest absolute Gasteiger partial charge is 0.143 e. The molecule has 0 unspecified atom stereocenters. The Balaban J connectivity index is 5.61. The Labute approximate surface area is 138 Å². The van der Waals surface area contributed by atoms with Gasteiger partial charge in [-0.1, -0.05) is 36.5 Å². The molecule has 0 aliphatic carbocycles. The highest BCUT2D eigenvalue weighted by atomic mass is 31.2. The van der Waals surface area contributed by atoms with Crippen LogP contribution >= 0.6 is 8.37 Å². The molecule has 0 aliphatic heterocycles. The van der Waals surface area contributed by atoms with E-state index < -0.39 is 8.37 Å². The molecule has 0 rings (SSSR count). The van der Waals surface area contributed by atoms with E-state index in [1.165, 1.54) is 0 Å². The second-order valence-corrected chi connectivity index (χ2v) is 7.24. The van der Waals surface area contributed by atoms with Crippen molar-refractivity contribution in [2.24, 2.45) is 0 Å². The predicted molar refractivity (Wildman–Crippen MR) is 104 cm³/mol. The first kappa shape index (κ1) is 20.8. The molecule has 0 N–H and O–H groups in total. The second kappa shape index (κ2) is 13.4. The molecular weight excluding hydrogens is 289 g/mol. The molecule has 22 heavy (non-hydrogen) atoms. The Bertz CT molecular complexity index is 291. The average molecular weight is 320 g/mol. The Morgan fingerprint density at radius 2 is 0.636 bits per heavy atom. The van der Waals surface area contributed by atoms with E-state index >= 15 is 0 Å². The molecule has 0 atom stereocenters. The van der Waals surface area contributed by atoms with E-state index in [2.05, 4.69) is 53.5 Å². The van der Waals surface area contributed by atoms with Crippen LogP contribution in [0.15, 0.2) is 75.9 Å². The minimum absolute atomic E-state index is 0.815.